The molecule has 1 aliphatic carbocycles. The minimum absolute atomic E-state index is 0.00446. The molecule has 240 valence electrons. The van der Waals surface area contributed by atoms with Crippen LogP contribution in [0.25, 0.3) is 0 Å². The van der Waals surface area contributed by atoms with Crippen molar-refractivity contribution in [1.29, 1.82) is 0 Å². The van der Waals surface area contributed by atoms with E-state index in [2.05, 4.69) is 15.5 Å². The average Bonchev–Trinajstić information content (AvgIpc) is 2.95. The topological polar surface area (TPSA) is 122 Å². The minimum atomic E-state index is -3.34. The summed E-state index contributed by atoms with van der Waals surface area (Å²) in [7, 11) is -3.34. The fourth-order valence-corrected chi connectivity index (χ4v) is 9.23. The number of fused-ring (bicyclic) bond motifs is 2. The van der Waals surface area contributed by atoms with Gasteiger partial charge in [-0.25, -0.2) is 8.42 Å². The summed E-state index contributed by atoms with van der Waals surface area (Å²) in [6.07, 6.45) is 6.62. The number of piperidine rings is 1. The molecular formula is C35H50N4O4S. The van der Waals surface area contributed by atoms with Crippen molar-refractivity contribution in [1.82, 2.24) is 15.5 Å². The Balaban J connectivity index is 1.33. The highest BCUT2D eigenvalue weighted by atomic mass is 32.2. The predicted octanol–water partition coefficient (Wildman–Crippen LogP) is 4.14. The molecule has 0 aromatic heterocycles. The Morgan fingerprint density at radius 3 is 2.41 bits per heavy atom. The van der Waals surface area contributed by atoms with Crippen molar-refractivity contribution < 1.29 is 18.0 Å². The number of hydrogen-bond donors (Lipinski definition) is 3. The van der Waals surface area contributed by atoms with Crippen LogP contribution in [0.2, 0.25) is 0 Å². The number of carbonyl (C=O) groups is 2. The Morgan fingerprint density at radius 1 is 1.00 bits per heavy atom. The van der Waals surface area contributed by atoms with Gasteiger partial charge >= 0.3 is 0 Å². The van der Waals surface area contributed by atoms with Crippen LogP contribution in [0, 0.1) is 17.8 Å². The molecule has 44 heavy (non-hydrogen) atoms. The minimum Gasteiger partial charge on any atom is -0.350 e. The van der Waals surface area contributed by atoms with Crippen molar-refractivity contribution in [3.63, 3.8) is 0 Å². The van der Waals surface area contributed by atoms with E-state index in [0.717, 1.165) is 29.7 Å². The van der Waals surface area contributed by atoms with Crippen LogP contribution in [0.1, 0.15) is 82.0 Å². The molecule has 2 fully saturated rings. The van der Waals surface area contributed by atoms with Crippen LogP contribution in [0.3, 0.4) is 0 Å². The molecule has 2 amide bonds. The molecule has 0 bridgehead atoms. The molecule has 2 aromatic carbocycles. The first-order valence-electron chi connectivity index (χ1n) is 16.3. The molecule has 0 spiro atoms. The highest BCUT2D eigenvalue weighted by molar-refractivity contribution is 7.90. The van der Waals surface area contributed by atoms with Gasteiger partial charge in [0.25, 0.3) is 0 Å². The molecule has 1 saturated carbocycles. The fourth-order valence-electron chi connectivity index (χ4n) is 7.60. The first-order valence-corrected chi connectivity index (χ1v) is 18.1. The summed E-state index contributed by atoms with van der Waals surface area (Å²) >= 11 is 0. The summed E-state index contributed by atoms with van der Waals surface area (Å²) in [4.78, 5) is 29.7. The zero-order chi connectivity index (χ0) is 31.5. The molecular weight excluding hydrogens is 572 g/mol. The third kappa shape index (κ3) is 8.49. The number of nitrogens with one attached hydrogen (secondary N) is 2. The maximum Gasteiger partial charge on any atom is 0.237 e. The van der Waals surface area contributed by atoms with Gasteiger partial charge in [-0.1, -0.05) is 73.9 Å². The molecule has 8 nitrogen and oxygen atoms in total. The zero-order valence-electron chi connectivity index (χ0n) is 26.5. The second kappa shape index (κ2) is 13.7. The standard InChI is InChI=1S/C35H50N4O4S/c1-35(2,3)38-34(41)32-19-25-13-7-8-14-26(25)20-39(32)21-29(36)18-28(17-24-11-5-4-6-12-24)33(40)37-31-23-44(42,43)22-27-15-9-10-16-30(27)31/h4-6,9-12,15-16,25-26,28-29,31-32H,7-8,13-14,17-23,36H2,1-3H3,(H,37,40)(H,38,41)/t25-,26+,28-,29-,31+,32-/m0/s1. The number of likely N-dealkylation sites (tertiary alicyclic amines) is 1. The van der Waals surface area contributed by atoms with Gasteiger partial charge in [0.1, 0.15) is 0 Å². The van der Waals surface area contributed by atoms with Crippen LogP contribution in [0.4, 0.5) is 0 Å². The summed E-state index contributed by atoms with van der Waals surface area (Å²) in [5.41, 5.74) is 9.17. The Labute approximate surface area is 263 Å². The second-order valence-electron chi connectivity index (χ2n) is 14.4. The Hall–Kier alpha value is -2.75. The highest BCUT2D eigenvalue weighted by Gasteiger charge is 2.41. The van der Waals surface area contributed by atoms with E-state index in [9.17, 15) is 18.0 Å². The number of benzene rings is 2. The smallest absolute Gasteiger partial charge is 0.237 e. The van der Waals surface area contributed by atoms with E-state index in [4.69, 9.17) is 5.73 Å². The van der Waals surface area contributed by atoms with Crippen LogP contribution in [-0.2, 0) is 31.6 Å². The van der Waals surface area contributed by atoms with Crippen LogP contribution < -0.4 is 16.4 Å². The van der Waals surface area contributed by atoms with Crippen molar-refractivity contribution >= 4 is 21.7 Å². The third-order valence-electron chi connectivity index (χ3n) is 9.60. The van der Waals surface area contributed by atoms with E-state index in [1.807, 2.05) is 75.4 Å². The molecule has 2 heterocycles. The van der Waals surface area contributed by atoms with Crippen LogP contribution >= 0.6 is 0 Å². The van der Waals surface area contributed by atoms with Crippen LogP contribution in [0.15, 0.2) is 54.6 Å². The van der Waals surface area contributed by atoms with E-state index in [1.165, 1.54) is 25.7 Å². The molecule has 4 N–H and O–H groups in total. The number of sulfone groups is 1. The lowest BCUT2D eigenvalue weighted by Crippen LogP contribution is -2.59. The molecule has 1 saturated heterocycles. The number of nitrogens with two attached hydrogens (primary N) is 1. The van der Waals surface area contributed by atoms with Gasteiger partial charge in [-0.3, -0.25) is 14.5 Å². The lowest BCUT2D eigenvalue weighted by Gasteiger charge is -2.46. The number of rotatable bonds is 9. The molecule has 0 unspecified atom stereocenters. The molecule has 5 rings (SSSR count). The molecule has 2 aromatic rings. The summed E-state index contributed by atoms with van der Waals surface area (Å²) in [5, 5.41) is 6.30. The first-order chi connectivity index (χ1) is 20.9. The van der Waals surface area contributed by atoms with Gasteiger partial charge in [-0.2, -0.15) is 0 Å². The Bertz CT molecular complexity index is 1410. The first kappa shape index (κ1) is 32.6. The number of hydrogen-bond acceptors (Lipinski definition) is 6. The van der Waals surface area contributed by atoms with Crippen molar-refractivity contribution in [2.45, 2.75) is 95.1 Å². The zero-order valence-corrected chi connectivity index (χ0v) is 27.3. The average molecular weight is 623 g/mol. The van der Waals surface area contributed by atoms with Gasteiger partial charge in [0.2, 0.25) is 11.8 Å². The Kier molecular flexibility index (Phi) is 10.2. The monoisotopic (exact) mass is 622 g/mol. The molecule has 2 aliphatic heterocycles. The Morgan fingerprint density at radius 2 is 1.68 bits per heavy atom. The van der Waals surface area contributed by atoms with Gasteiger partial charge in [0.15, 0.2) is 9.84 Å². The summed E-state index contributed by atoms with van der Waals surface area (Å²) in [6.45, 7) is 7.42. The van der Waals surface area contributed by atoms with Gasteiger partial charge < -0.3 is 16.4 Å². The van der Waals surface area contributed by atoms with Crippen molar-refractivity contribution in [3.8, 4) is 0 Å². The van der Waals surface area contributed by atoms with E-state index in [1.54, 1.807) is 0 Å². The van der Waals surface area contributed by atoms with E-state index in [0.29, 0.717) is 31.2 Å². The second-order valence-corrected chi connectivity index (χ2v) is 16.6. The normalized spacial score (nSPS) is 26.5. The van der Waals surface area contributed by atoms with E-state index < -0.39 is 21.8 Å². The summed E-state index contributed by atoms with van der Waals surface area (Å²) in [6, 6.07) is 16.2. The van der Waals surface area contributed by atoms with Crippen molar-refractivity contribution in [2.75, 3.05) is 18.8 Å². The van der Waals surface area contributed by atoms with Crippen LogP contribution in [-0.4, -0.2) is 61.6 Å². The number of amides is 2. The highest BCUT2D eigenvalue weighted by Crippen LogP contribution is 2.39. The largest absolute Gasteiger partial charge is 0.350 e. The van der Waals surface area contributed by atoms with Crippen LogP contribution in [0.5, 0.6) is 0 Å². The summed E-state index contributed by atoms with van der Waals surface area (Å²) in [5.74, 6) is 0.456. The number of carbonyl (C=O) groups excluding carboxylic acids is 2. The van der Waals surface area contributed by atoms with Gasteiger partial charge in [-0.15, -0.1) is 0 Å². The lowest BCUT2D eigenvalue weighted by molar-refractivity contribution is -0.132. The predicted molar refractivity (Wildman–Crippen MR) is 174 cm³/mol. The van der Waals surface area contributed by atoms with Gasteiger partial charge in [0.05, 0.1) is 23.6 Å². The molecule has 9 heteroatoms. The molecule has 6 atom stereocenters. The SMILES string of the molecule is CC(C)(C)NC(=O)[C@@H]1C[C@@H]2CCCC[C@@H]2CN1C[C@@H](N)C[C@H](Cc1ccccc1)C(=O)N[C@@H]1CS(=O)(=O)Cc2ccccc21. The lowest BCUT2D eigenvalue weighted by atomic mass is 9.72. The van der Waals surface area contributed by atoms with E-state index >= 15 is 0 Å². The van der Waals surface area contributed by atoms with Crippen molar-refractivity contribution in [3.05, 3.63) is 71.3 Å². The molecule has 0 radical (unpaired) electrons. The summed E-state index contributed by atoms with van der Waals surface area (Å²) < 4.78 is 25.5. The quantitative estimate of drug-likeness (QED) is 0.387. The van der Waals surface area contributed by atoms with E-state index in [-0.39, 0.29) is 40.9 Å². The fraction of sp³-hybridized carbons (Fsp3) is 0.600. The maximum atomic E-state index is 13.9. The van der Waals surface area contributed by atoms with Gasteiger partial charge in [-0.05, 0) is 75.0 Å². The van der Waals surface area contributed by atoms with Crippen molar-refractivity contribution in [2.24, 2.45) is 23.5 Å². The van der Waals surface area contributed by atoms with Gasteiger partial charge in [0, 0.05) is 30.6 Å². The molecule has 3 aliphatic rings. The number of nitrogens with zero attached hydrogens (tertiary/aromatic N) is 1. The maximum absolute atomic E-state index is 13.9. The third-order valence-corrected chi connectivity index (χ3v) is 11.2.